The molecule has 0 bridgehead atoms. The van der Waals surface area contributed by atoms with Crippen molar-refractivity contribution in [3.05, 3.63) is 0 Å². The van der Waals surface area contributed by atoms with Gasteiger partial charge >= 0.3 is 0 Å². The lowest BCUT2D eigenvalue weighted by molar-refractivity contribution is 0.224. The number of piperidine rings is 1. The number of aliphatic imine (C=N–C) groups is 1. The highest BCUT2D eigenvalue weighted by Crippen LogP contribution is 2.21. The fraction of sp³-hybridized carbons (Fsp3) is 0.944. The van der Waals surface area contributed by atoms with E-state index in [-0.39, 0.29) is 0 Å². The van der Waals surface area contributed by atoms with Crippen LogP contribution < -0.4 is 5.32 Å². The summed E-state index contributed by atoms with van der Waals surface area (Å²) in [5, 5.41) is 4.35. The zero-order chi connectivity index (χ0) is 16.3. The minimum atomic E-state index is 0.770. The first-order chi connectivity index (χ1) is 11.3. The van der Waals surface area contributed by atoms with Gasteiger partial charge in [-0.1, -0.05) is 19.8 Å². The molecule has 1 unspecified atom stereocenters. The quantitative estimate of drug-likeness (QED) is 0.438. The molecule has 2 aliphatic rings. The molecule has 4 nitrogen and oxygen atoms in total. The molecule has 0 saturated carbocycles. The van der Waals surface area contributed by atoms with Crippen molar-refractivity contribution >= 4 is 17.7 Å². The summed E-state index contributed by atoms with van der Waals surface area (Å²) in [6, 6.07) is 0. The van der Waals surface area contributed by atoms with Gasteiger partial charge in [0.1, 0.15) is 0 Å². The summed E-state index contributed by atoms with van der Waals surface area (Å²) in [6.07, 6.45) is 9.44. The Balaban J connectivity index is 1.55. The molecule has 134 valence electrons. The van der Waals surface area contributed by atoms with Crippen LogP contribution in [0.3, 0.4) is 0 Å². The lowest BCUT2D eigenvalue weighted by Gasteiger charge is -2.34. The zero-order valence-electron chi connectivity index (χ0n) is 15.2. The van der Waals surface area contributed by atoms with Crippen LogP contribution in [0.2, 0.25) is 0 Å². The predicted octanol–water partition coefficient (Wildman–Crippen LogP) is 3.05. The lowest BCUT2D eigenvalue weighted by atomic mass is 10.1. The summed E-state index contributed by atoms with van der Waals surface area (Å²) in [6.45, 7) is 9.60. The highest BCUT2D eigenvalue weighted by Gasteiger charge is 2.21. The Kier molecular flexibility index (Phi) is 9.20. The molecule has 1 N–H and O–H groups in total. The van der Waals surface area contributed by atoms with Crippen molar-refractivity contribution in [2.75, 3.05) is 52.1 Å². The number of nitrogens with zero attached hydrogens (tertiary/aromatic N) is 3. The van der Waals surface area contributed by atoms with Gasteiger partial charge in [0, 0.05) is 37.7 Å². The molecule has 0 aliphatic carbocycles. The van der Waals surface area contributed by atoms with Crippen molar-refractivity contribution in [1.82, 2.24) is 15.1 Å². The summed E-state index contributed by atoms with van der Waals surface area (Å²) in [4.78, 5) is 9.57. The molecule has 5 heteroatoms. The van der Waals surface area contributed by atoms with Crippen molar-refractivity contribution in [3.8, 4) is 0 Å². The predicted molar refractivity (Wildman–Crippen MR) is 104 cm³/mol. The summed E-state index contributed by atoms with van der Waals surface area (Å²) in [5.41, 5.74) is 0. The van der Waals surface area contributed by atoms with Crippen LogP contribution in [0.25, 0.3) is 0 Å². The minimum absolute atomic E-state index is 0.770. The SMILES string of the molecule is CCC1CN(C(=NC)NCCCCCN2CCCCC2)CCS1. The van der Waals surface area contributed by atoms with Crippen LogP contribution in [0.4, 0.5) is 0 Å². The van der Waals surface area contributed by atoms with Gasteiger partial charge in [0.2, 0.25) is 0 Å². The normalized spacial score (nSPS) is 24.0. The number of nitrogens with one attached hydrogen (secondary N) is 1. The number of thioether (sulfide) groups is 1. The van der Waals surface area contributed by atoms with E-state index in [0.29, 0.717) is 0 Å². The molecule has 2 fully saturated rings. The van der Waals surface area contributed by atoms with Gasteiger partial charge in [-0.05, 0) is 51.7 Å². The third-order valence-electron chi connectivity index (χ3n) is 4.99. The van der Waals surface area contributed by atoms with Crippen LogP contribution >= 0.6 is 11.8 Å². The molecule has 0 aromatic rings. The van der Waals surface area contributed by atoms with Gasteiger partial charge < -0.3 is 15.1 Å². The molecular formula is C18H36N4S. The molecule has 0 aromatic carbocycles. The number of likely N-dealkylation sites (tertiary alicyclic amines) is 1. The van der Waals surface area contributed by atoms with Crippen molar-refractivity contribution in [3.63, 3.8) is 0 Å². The maximum absolute atomic E-state index is 4.49. The number of guanidine groups is 1. The molecule has 2 aliphatic heterocycles. The van der Waals surface area contributed by atoms with E-state index in [9.17, 15) is 0 Å². The van der Waals surface area contributed by atoms with Crippen LogP contribution in [0.1, 0.15) is 51.9 Å². The third kappa shape index (κ3) is 6.92. The average molecular weight is 341 g/mol. The second-order valence-corrected chi connectivity index (χ2v) is 8.19. The second kappa shape index (κ2) is 11.2. The average Bonchev–Trinajstić information content (AvgIpc) is 2.62. The van der Waals surface area contributed by atoms with E-state index in [1.165, 1.54) is 70.3 Å². The Morgan fingerprint density at radius 3 is 2.70 bits per heavy atom. The summed E-state index contributed by atoms with van der Waals surface area (Å²) < 4.78 is 0. The Morgan fingerprint density at radius 1 is 1.13 bits per heavy atom. The van der Waals surface area contributed by atoms with Gasteiger partial charge in [-0.15, -0.1) is 0 Å². The maximum Gasteiger partial charge on any atom is 0.193 e. The monoisotopic (exact) mass is 340 g/mol. The van der Waals surface area contributed by atoms with Gasteiger partial charge in [0.05, 0.1) is 0 Å². The molecule has 2 saturated heterocycles. The Morgan fingerprint density at radius 2 is 1.96 bits per heavy atom. The van der Waals surface area contributed by atoms with Crippen molar-refractivity contribution < 1.29 is 0 Å². The fourth-order valence-electron chi connectivity index (χ4n) is 3.51. The molecule has 0 aromatic heterocycles. The second-order valence-electron chi connectivity index (χ2n) is 6.78. The Hall–Kier alpha value is -0.420. The van der Waals surface area contributed by atoms with E-state index in [2.05, 4.69) is 38.8 Å². The number of unbranched alkanes of at least 4 members (excludes halogenated alkanes) is 2. The highest BCUT2D eigenvalue weighted by atomic mass is 32.2. The topological polar surface area (TPSA) is 30.9 Å². The smallest absolute Gasteiger partial charge is 0.193 e. The third-order valence-corrected chi connectivity index (χ3v) is 6.36. The molecule has 2 rings (SSSR count). The van der Waals surface area contributed by atoms with Crippen molar-refractivity contribution in [2.24, 2.45) is 4.99 Å². The van der Waals surface area contributed by atoms with Gasteiger partial charge in [0.25, 0.3) is 0 Å². The van der Waals surface area contributed by atoms with Crippen LogP contribution in [0, 0.1) is 0 Å². The largest absolute Gasteiger partial charge is 0.356 e. The van der Waals surface area contributed by atoms with Gasteiger partial charge in [-0.3, -0.25) is 4.99 Å². The molecule has 1 atom stereocenters. The molecule has 2 heterocycles. The van der Waals surface area contributed by atoms with E-state index in [4.69, 9.17) is 0 Å². The molecule has 0 amide bonds. The van der Waals surface area contributed by atoms with Gasteiger partial charge in [-0.2, -0.15) is 11.8 Å². The number of hydrogen-bond acceptors (Lipinski definition) is 3. The molecule has 0 spiro atoms. The molecule has 23 heavy (non-hydrogen) atoms. The van der Waals surface area contributed by atoms with E-state index >= 15 is 0 Å². The first-order valence-corrected chi connectivity index (χ1v) is 10.7. The number of rotatable bonds is 7. The lowest BCUT2D eigenvalue weighted by Crippen LogP contribution is -2.48. The van der Waals surface area contributed by atoms with E-state index in [1.54, 1.807) is 0 Å². The zero-order valence-corrected chi connectivity index (χ0v) is 16.0. The van der Waals surface area contributed by atoms with E-state index < -0.39 is 0 Å². The van der Waals surface area contributed by atoms with E-state index in [0.717, 1.165) is 30.8 Å². The van der Waals surface area contributed by atoms with Crippen LogP contribution in [0.5, 0.6) is 0 Å². The van der Waals surface area contributed by atoms with Gasteiger partial charge in [0.15, 0.2) is 5.96 Å². The highest BCUT2D eigenvalue weighted by molar-refractivity contribution is 8.00. The Labute approximate surface area is 147 Å². The Bertz CT molecular complexity index is 342. The van der Waals surface area contributed by atoms with E-state index in [1.807, 2.05) is 7.05 Å². The standard InChI is InChI=1S/C18H36N4S/c1-3-17-16-22(14-15-23-17)18(19-2)20-10-6-4-7-11-21-12-8-5-9-13-21/h17H,3-16H2,1-2H3,(H,19,20). The van der Waals surface area contributed by atoms with Crippen LogP contribution in [-0.2, 0) is 0 Å². The van der Waals surface area contributed by atoms with Crippen LogP contribution in [0.15, 0.2) is 4.99 Å². The summed E-state index contributed by atoms with van der Waals surface area (Å²) >= 11 is 2.11. The molecular weight excluding hydrogens is 304 g/mol. The summed E-state index contributed by atoms with van der Waals surface area (Å²) in [7, 11) is 1.92. The number of hydrogen-bond donors (Lipinski definition) is 1. The maximum atomic E-state index is 4.49. The summed E-state index contributed by atoms with van der Waals surface area (Å²) in [5.74, 6) is 2.34. The van der Waals surface area contributed by atoms with Gasteiger partial charge in [-0.25, -0.2) is 0 Å². The minimum Gasteiger partial charge on any atom is -0.356 e. The first kappa shape index (κ1) is 18.9. The fourth-order valence-corrected chi connectivity index (χ4v) is 4.69. The molecule has 0 radical (unpaired) electrons. The van der Waals surface area contributed by atoms with Crippen molar-refractivity contribution in [1.29, 1.82) is 0 Å². The van der Waals surface area contributed by atoms with Crippen molar-refractivity contribution in [2.45, 2.75) is 57.1 Å². The van der Waals surface area contributed by atoms with Crippen LogP contribution in [-0.4, -0.2) is 73.1 Å². The first-order valence-electron chi connectivity index (χ1n) is 9.63.